The van der Waals surface area contributed by atoms with Crippen LogP contribution < -0.4 is 10.5 Å². The predicted octanol–water partition coefficient (Wildman–Crippen LogP) is 4.61. The van der Waals surface area contributed by atoms with Crippen LogP contribution in [-0.4, -0.2) is 4.98 Å². The number of nitrogens with zero attached hydrogens (tertiary/aromatic N) is 1. The Hall–Kier alpha value is -2.81. The number of fused-ring (bicyclic) bond motifs is 1. The van der Waals surface area contributed by atoms with Crippen LogP contribution in [0.25, 0.3) is 11.1 Å². The number of aromatic nitrogens is 1. The monoisotopic (exact) mass is 302 g/mol. The first-order valence-electron chi connectivity index (χ1n) is 7.91. The fourth-order valence-corrected chi connectivity index (χ4v) is 3.19. The number of hydrogen-bond donors (Lipinski definition) is 1. The lowest BCUT2D eigenvalue weighted by molar-refractivity contribution is 0.463. The molecule has 0 amide bonds. The van der Waals surface area contributed by atoms with Gasteiger partial charge in [0, 0.05) is 23.5 Å². The molecule has 0 fully saturated rings. The van der Waals surface area contributed by atoms with E-state index in [1.165, 1.54) is 17.5 Å². The Balaban J connectivity index is 1.69. The maximum atomic E-state index is 6.41. The van der Waals surface area contributed by atoms with E-state index in [0.717, 1.165) is 35.4 Å². The highest BCUT2D eigenvalue weighted by Gasteiger charge is 2.17. The van der Waals surface area contributed by atoms with E-state index in [2.05, 4.69) is 17.1 Å². The topological polar surface area (TPSA) is 48.1 Å². The van der Waals surface area contributed by atoms with Gasteiger partial charge in [-0.3, -0.25) is 0 Å². The molecular weight excluding hydrogens is 284 g/mol. The van der Waals surface area contributed by atoms with Gasteiger partial charge in [-0.15, -0.1) is 0 Å². The molecule has 23 heavy (non-hydrogen) atoms. The first kappa shape index (κ1) is 13.8. The van der Waals surface area contributed by atoms with Gasteiger partial charge in [-0.25, -0.2) is 4.98 Å². The molecule has 1 aliphatic rings. The number of aryl methyl sites for hydroxylation is 1. The van der Waals surface area contributed by atoms with Gasteiger partial charge in [-0.2, -0.15) is 0 Å². The number of benzene rings is 2. The molecule has 0 unspecified atom stereocenters. The normalized spacial score (nSPS) is 12.9. The molecule has 3 nitrogen and oxygen atoms in total. The van der Waals surface area contributed by atoms with E-state index in [1.807, 2.05) is 42.5 Å². The van der Waals surface area contributed by atoms with Crippen molar-refractivity contribution in [3.05, 3.63) is 71.9 Å². The molecule has 2 N–H and O–H groups in total. The first-order chi connectivity index (χ1) is 11.3. The van der Waals surface area contributed by atoms with E-state index in [0.29, 0.717) is 5.88 Å². The van der Waals surface area contributed by atoms with Crippen molar-refractivity contribution in [2.24, 2.45) is 0 Å². The van der Waals surface area contributed by atoms with Crippen molar-refractivity contribution < 1.29 is 4.74 Å². The van der Waals surface area contributed by atoms with Gasteiger partial charge in [0.15, 0.2) is 0 Å². The Labute approximate surface area is 135 Å². The summed E-state index contributed by atoms with van der Waals surface area (Å²) in [5.41, 5.74) is 12.1. The highest BCUT2D eigenvalue weighted by Crippen LogP contribution is 2.36. The second-order valence-electron chi connectivity index (χ2n) is 5.82. The van der Waals surface area contributed by atoms with E-state index in [4.69, 9.17) is 10.5 Å². The number of para-hydroxylation sites is 1. The Morgan fingerprint density at radius 2 is 1.83 bits per heavy atom. The first-order valence-corrected chi connectivity index (χ1v) is 7.91. The van der Waals surface area contributed by atoms with Crippen molar-refractivity contribution in [2.75, 3.05) is 5.73 Å². The van der Waals surface area contributed by atoms with Crippen LogP contribution in [0.5, 0.6) is 11.6 Å². The van der Waals surface area contributed by atoms with Crippen LogP contribution in [-0.2, 0) is 12.8 Å². The number of pyridine rings is 1. The fraction of sp³-hybridized carbons (Fsp3) is 0.150. The van der Waals surface area contributed by atoms with Crippen LogP contribution in [0, 0.1) is 0 Å². The Kier molecular flexibility index (Phi) is 3.46. The van der Waals surface area contributed by atoms with Crippen molar-refractivity contribution >= 4 is 5.69 Å². The standard InChI is InChI=1S/C20H18N2O/c21-20-17-8-4-5-14(17)9-10-18(20)15-11-12-22-19(13-15)23-16-6-2-1-3-7-16/h1-3,6-7,9-13H,4-5,8,21H2. The van der Waals surface area contributed by atoms with Gasteiger partial charge in [0.25, 0.3) is 0 Å². The molecule has 1 heterocycles. The Bertz CT molecular complexity index is 844. The van der Waals surface area contributed by atoms with Gasteiger partial charge in [0.1, 0.15) is 5.75 Å². The predicted molar refractivity (Wildman–Crippen MR) is 92.6 cm³/mol. The molecule has 0 atom stereocenters. The molecule has 0 saturated carbocycles. The third-order valence-electron chi connectivity index (χ3n) is 4.34. The molecule has 114 valence electrons. The SMILES string of the molecule is Nc1c(-c2ccnc(Oc3ccccc3)c2)ccc2c1CCC2. The molecule has 1 aliphatic carbocycles. The highest BCUT2D eigenvalue weighted by atomic mass is 16.5. The molecule has 0 aliphatic heterocycles. The van der Waals surface area contributed by atoms with Crippen LogP contribution in [0.15, 0.2) is 60.8 Å². The number of ether oxygens (including phenoxy) is 1. The number of hydrogen-bond acceptors (Lipinski definition) is 3. The smallest absolute Gasteiger partial charge is 0.219 e. The maximum absolute atomic E-state index is 6.41. The Morgan fingerprint density at radius 1 is 0.957 bits per heavy atom. The summed E-state index contributed by atoms with van der Waals surface area (Å²) in [6.07, 6.45) is 5.17. The molecule has 0 saturated heterocycles. The zero-order valence-electron chi connectivity index (χ0n) is 12.8. The van der Waals surface area contributed by atoms with Gasteiger partial charge in [-0.05, 0) is 54.2 Å². The molecule has 1 aromatic heterocycles. The Morgan fingerprint density at radius 3 is 2.70 bits per heavy atom. The summed E-state index contributed by atoms with van der Waals surface area (Å²) in [5, 5.41) is 0. The molecular formula is C20H18N2O. The second-order valence-corrected chi connectivity index (χ2v) is 5.82. The van der Waals surface area contributed by atoms with Crippen LogP contribution >= 0.6 is 0 Å². The van der Waals surface area contributed by atoms with Gasteiger partial charge >= 0.3 is 0 Å². The summed E-state index contributed by atoms with van der Waals surface area (Å²) < 4.78 is 5.82. The second kappa shape index (κ2) is 5.76. The van der Waals surface area contributed by atoms with E-state index >= 15 is 0 Å². The molecule has 0 spiro atoms. The van der Waals surface area contributed by atoms with Crippen molar-refractivity contribution in [2.45, 2.75) is 19.3 Å². The van der Waals surface area contributed by atoms with E-state index in [-0.39, 0.29) is 0 Å². The zero-order valence-corrected chi connectivity index (χ0v) is 12.8. The third-order valence-corrected chi connectivity index (χ3v) is 4.34. The number of anilines is 1. The van der Waals surface area contributed by atoms with Gasteiger partial charge in [0.05, 0.1) is 0 Å². The quantitative estimate of drug-likeness (QED) is 0.719. The molecule has 4 rings (SSSR count). The van der Waals surface area contributed by atoms with Crippen molar-refractivity contribution in [1.29, 1.82) is 0 Å². The molecule has 0 radical (unpaired) electrons. The van der Waals surface area contributed by atoms with E-state index in [1.54, 1.807) is 6.20 Å². The minimum Gasteiger partial charge on any atom is -0.439 e. The minimum atomic E-state index is 0.577. The zero-order chi connectivity index (χ0) is 15.6. The average molecular weight is 302 g/mol. The van der Waals surface area contributed by atoms with Crippen LogP contribution in [0.3, 0.4) is 0 Å². The molecule has 0 bridgehead atoms. The lowest BCUT2D eigenvalue weighted by Crippen LogP contribution is -1.97. The summed E-state index contributed by atoms with van der Waals surface area (Å²) in [7, 11) is 0. The van der Waals surface area contributed by atoms with Gasteiger partial charge in [0.2, 0.25) is 5.88 Å². The third kappa shape index (κ3) is 2.66. The van der Waals surface area contributed by atoms with E-state index < -0.39 is 0 Å². The maximum Gasteiger partial charge on any atom is 0.219 e. The van der Waals surface area contributed by atoms with Crippen molar-refractivity contribution in [1.82, 2.24) is 4.98 Å². The van der Waals surface area contributed by atoms with Gasteiger partial charge < -0.3 is 10.5 Å². The van der Waals surface area contributed by atoms with Crippen molar-refractivity contribution in [3.8, 4) is 22.8 Å². The number of nitrogen functional groups attached to an aromatic ring is 1. The van der Waals surface area contributed by atoms with Crippen LogP contribution in [0.1, 0.15) is 17.5 Å². The number of nitrogens with two attached hydrogens (primary N) is 1. The largest absolute Gasteiger partial charge is 0.439 e. The molecule has 2 aromatic carbocycles. The summed E-state index contributed by atoms with van der Waals surface area (Å²) in [6, 6.07) is 17.9. The lowest BCUT2D eigenvalue weighted by atomic mass is 9.98. The average Bonchev–Trinajstić information content (AvgIpc) is 3.06. The highest BCUT2D eigenvalue weighted by molar-refractivity contribution is 5.80. The lowest BCUT2D eigenvalue weighted by Gasteiger charge is -2.12. The fourth-order valence-electron chi connectivity index (χ4n) is 3.19. The summed E-state index contributed by atoms with van der Waals surface area (Å²) in [4.78, 5) is 4.30. The van der Waals surface area contributed by atoms with Crippen molar-refractivity contribution in [3.63, 3.8) is 0 Å². The van der Waals surface area contributed by atoms with Gasteiger partial charge in [-0.1, -0.05) is 30.3 Å². The van der Waals surface area contributed by atoms with E-state index in [9.17, 15) is 0 Å². The summed E-state index contributed by atoms with van der Waals surface area (Å²) in [6.45, 7) is 0. The molecule has 3 aromatic rings. The minimum absolute atomic E-state index is 0.577. The summed E-state index contributed by atoms with van der Waals surface area (Å²) in [5.74, 6) is 1.35. The molecule has 3 heteroatoms. The number of rotatable bonds is 3. The van der Waals surface area contributed by atoms with Crippen LogP contribution in [0.4, 0.5) is 5.69 Å². The summed E-state index contributed by atoms with van der Waals surface area (Å²) >= 11 is 0. The van der Waals surface area contributed by atoms with Crippen LogP contribution in [0.2, 0.25) is 0 Å².